The Hall–Kier alpha value is -1.86. The molecule has 1 aromatic carbocycles. The van der Waals surface area contributed by atoms with Crippen molar-refractivity contribution in [1.82, 2.24) is 5.32 Å². The van der Waals surface area contributed by atoms with E-state index in [9.17, 15) is 14.9 Å². The molecule has 0 heterocycles. The van der Waals surface area contributed by atoms with Gasteiger partial charge >= 0.3 is 0 Å². The fraction of sp³-hybridized carbons (Fsp3) is 0.462. The third kappa shape index (κ3) is 5.20. The van der Waals surface area contributed by atoms with Crippen molar-refractivity contribution in [2.75, 3.05) is 13.2 Å². The van der Waals surface area contributed by atoms with Crippen molar-refractivity contribution < 1.29 is 14.5 Å². The van der Waals surface area contributed by atoms with Crippen LogP contribution in [0.25, 0.3) is 0 Å². The monoisotopic (exact) mass is 315 g/mol. The van der Waals surface area contributed by atoms with Gasteiger partial charge in [0.2, 0.25) is 0 Å². The molecule has 1 atom stereocenters. The van der Waals surface area contributed by atoms with E-state index in [4.69, 9.17) is 10.5 Å². The van der Waals surface area contributed by atoms with E-state index in [2.05, 4.69) is 5.32 Å². The first kappa shape index (κ1) is 17.2. The van der Waals surface area contributed by atoms with Gasteiger partial charge in [-0.2, -0.15) is 0 Å². The number of nitrogens with one attached hydrogen (secondary N) is 1. The minimum atomic E-state index is -0.509. The van der Waals surface area contributed by atoms with Gasteiger partial charge in [-0.15, -0.1) is 12.4 Å². The third-order valence-corrected chi connectivity index (χ3v) is 3.19. The van der Waals surface area contributed by atoms with Crippen LogP contribution in [0.1, 0.15) is 12.8 Å². The smallest absolute Gasteiger partial charge is 0.273 e. The van der Waals surface area contributed by atoms with Gasteiger partial charge in [-0.3, -0.25) is 14.9 Å². The molecule has 1 aromatic rings. The average molecular weight is 316 g/mol. The number of benzene rings is 1. The highest BCUT2D eigenvalue weighted by molar-refractivity contribution is 5.85. The third-order valence-electron chi connectivity index (χ3n) is 3.19. The zero-order valence-corrected chi connectivity index (χ0v) is 12.2. The summed E-state index contributed by atoms with van der Waals surface area (Å²) in [5, 5.41) is 13.4. The Balaban J connectivity index is 0.00000220. The molecule has 0 aliphatic heterocycles. The predicted octanol–water partition coefficient (Wildman–Crippen LogP) is 1.25. The van der Waals surface area contributed by atoms with Crippen molar-refractivity contribution >= 4 is 24.0 Å². The van der Waals surface area contributed by atoms with E-state index in [0.29, 0.717) is 18.2 Å². The largest absolute Gasteiger partial charge is 0.484 e. The van der Waals surface area contributed by atoms with Gasteiger partial charge in [0.05, 0.1) is 11.0 Å². The Kier molecular flexibility index (Phi) is 6.39. The highest BCUT2D eigenvalue weighted by atomic mass is 35.5. The average Bonchev–Trinajstić information content (AvgIpc) is 3.27. The number of ether oxygens (including phenoxy) is 1. The number of carbonyl (C=O) groups is 1. The van der Waals surface area contributed by atoms with E-state index < -0.39 is 4.92 Å². The summed E-state index contributed by atoms with van der Waals surface area (Å²) in [6, 6.07) is 5.73. The molecule has 8 heteroatoms. The number of hydrogen-bond acceptors (Lipinski definition) is 5. The number of amides is 1. The first-order valence-electron chi connectivity index (χ1n) is 6.47. The minimum Gasteiger partial charge on any atom is -0.484 e. The molecule has 116 valence electrons. The number of nitrogens with two attached hydrogens (primary N) is 1. The second kappa shape index (κ2) is 7.80. The van der Waals surface area contributed by atoms with Gasteiger partial charge in [-0.1, -0.05) is 6.07 Å². The summed E-state index contributed by atoms with van der Waals surface area (Å²) in [7, 11) is 0. The number of hydrogen-bond donors (Lipinski definition) is 2. The van der Waals surface area contributed by atoms with Crippen molar-refractivity contribution in [3.63, 3.8) is 0 Å². The summed E-state index contributed by atoms with van der Waals surface area (Å²) in [6.45, 7) is 0.234. The summed E-state index contributed by atoms with van der Waals surface area (Å²) in [4.78, 5) is 21.8. The van der Waals surface area contributed by atoms with Crippen molar-refractivity contribution in [2.24, 2.45) is 11.7 Å². The lowest BCUT2D eigenvalue weighted by atomic mass is 10.2. The van der Waals surface area contributed by atoms with Crippen LogP contribution in [0, 0.1) is 16.0 Å². The van der Waals surface area contributed by atoms with Gasteiger partial charge in [0, 0.05) is 18.7 Å². The van der Waals surface area contributed by atoms with E-state index in [1.165, 1.54) is 18.2 Å². The molecule has 0 radical (unpaired) electrons. The molecule has 21 heavy (non-hydrogen) atoms. The van der Waals surface area contributed by atoms with Crippen LogP contribution < -0.4 is 15.8 Å². The second-order valence-electron chi connectivity index (χ2n) is 4.79. The van der Waals surface area contributed by atoms with Crippen LogP contribution in [-0.4, -0.2) is 30.0 Å². The van der Waals surface area contributed by atoms with E-state index in [1.807, 2.05) is 0 Å². The number of carbonyl (C=O) groups excluding carboxylic acids is 1. The lowest BCUT2D eigenvalue weighted by Crippen LogP contribution is -2.43. The Labute approximate surface area is 128 Å². The second-order valence-corrected chi connectivity index (χ2v) is 4.79. The molecule has 0 bridgehead atoms. The Morgan fingerprint density at radius 2 is 2.24 bits per heavy atom. The fourth-order valence-electron chi connectivity index (χ4n) is 1.95. The van der Waals surface area contributed by atoms with Crippen molar-refractivity contribution in [3.8, 4) is 5.75 Å². The SMILES string of the molecule is Cl.NCC(NC(=O)COc1cccc([N+](=O)[O-])c1)C1CC1. The lowest BCUT2D eigenvalue weighted by molar-refractivity contribution is -0.384. The molecule has 3 N–H and O–H groups in total. The molecule has 1 amide bonds. The maximum Gasteiger partial charge on any atom is 0.273 e. The number of nitro benzene ring substituents is 1. The predicted molar refractivity (Wildman–Crippen MR) is 79.5 cm³/mol. The number of rotatable bonds is 7. The Morgan fingerprint density at radius 1 is 1.52 bits per heavy atom. The van der Waals surface area contributed by atoms with Gasteiger partial charge in [0.15, 0.2) is 6.61 Å². The number of non-ortho nitro benzene ring substituents is 1. The number of nitro groups is 1. The van der Waals surface area contributed by atoms with Crippen molar-refractivity contribution in [3.05, 3.63) is 34.4 Å². The minimum absolute atomic E-state index is 0. The van der Waals surface area contributed by atoms with Gasteiger partial charge in [-0.25, -0.2) is 0 Å². The fourth-order valence-corrected chi connectivity index (χ4v) is 1.95. The first-order valence-corrected chi connectivity index (χ1v) is 6.47. The summed E-state index contributed by atoms with van der Waals surface area (Å²) in [5.41, 5.74) is 5.52. The van der Waals surface area contributed by atoms with Gasteiger partial charge in [-0.05, 0) is 24.8 Å². The maximum absolute atomic E-state index is 11.7. The molecular weight excluding hydrogens is 298 g/mol. The quantitative estimate of drug-likeness (QED) is 0.581. The number of nitrogens with zero attached hydrogens (tertiary/aromatic N) is 1. The maximum atomic E-state index is 11.7. The molecule has 1 fully saturated rings. The van der Waals surface area contributed by atoms with Gasteiger partial charge in [0.1, 0.15) is 5.75 Å². The van der Waals surface area contributed by atoms with Crippen molar-refractivity contribution in [1.29, 1.82) is 0 Å². The lowest BCUT2D eigenvalue weighted by Gasteiger charge is -2.16. The molecule has 1 aliphatic carbocycles. The molecular formula is C13H18ClN3O4. The van der Waals surface area contributed by atoms with Crippen LogP contribution in [0.3, 0.4) is 0 Å². The van der Waals surface area contributed by atoms with Crippen LogP contribution in [-0.2, 0) is 4.79 Å². The molecule has 0 spiro atoms. The first-order chi connectivity index (χ1) is 9.60. The Morgan fingerprint density at radius 3 is 2.81 bits per heavy atom. The molecule has 7 nitrogen and oxygen atoms in total. The van der Waals surface area contributed by atoms with E-state index in [0.717, 1.165) is 12.8 Å². The van der Waals surface area contributed by atoms with Crippen LogP contribution in [0.4, 0.5) is 5.69 Å². The van der Waals surface area contributed by atoms with E-state index >= 15 is 0 Å². The summed E-state index contributed by atoms with van der Waals surface area (Å²) in [6.07, 6.45) is 2.18. The van der Waals surface area contributed by atoms with Crippen LogP contribution in [0.2, 0.25) is 0 Å². The molecule has 1 aliphatic rings. The molecule has 0 saturated heterocycles. The molecule has 1 unspecified atom stereocenters. The molecule has 2 rings (SSSR count). The van der Waals surface area contributed by atoms with Crippen LogP contribution >= 0.6 is 12.4 Å². The summed E-state index contributed by atoms with van der Waals surface area (Å²) >= 11 is 0. The molecule has 0 aromatic heterocycles. The normalized spacial score (nSPS) is 14.7. The van der Waals surface area contributed by atoms with Crippen molar-refractivity contribution in [2.45, 2.75) is 18.9 Å². The highest BCUT2D eigenvalue weighted by Crippen LogP contribution is 2.32. The van der Waals surface area contributed by atoms with E-state index in [1.54, 1.807) is 6.07 Å². The zero-order valence-electron chi connectivity index (χ0n) is 11.4. The van der Waals surface area contributed by atoms with Crippen LogP contribution in [0.5, 0.6) is 5.75 Å². The zero-order chi connectivity index (χ0) is 14.5. The standard InChI is InChI=1S/C13H17N3O4.ClH/c14-7-12(9-4-5-9)15-13(17)8-20-11-3-1-2-10(6-11)16(18)19;/h1-3,6,9,12H,4-5,7-8,14H2,(H,15,17);1H. The van der Waals surface area contributed by atoms with Gasteiger partial charge < -0.3 is 15.8 Å². The molecule has 1 saturated carbocycles. The van der Waals surface area contributed by atoms with E-state index in [-0.39, 0.29) is 36.7 Å². The van der Waals surface area contributed by atoms with Gasteiger partial charge in [0.25, 0.3) is 11.6 Å². The van der Waals surface area contributed by atoms with Crippen LogP contribution in [0.15, 0.2) is 24.3 Å². The topological polar surface area (TPSA) is 107 Å². The number of halogens is 1. The summed E-state index contributed by atoms with van der Waals surface area (Å²) in [5.74, 6) is 0.505. The highest BCUT2D eigenvalue weighted by Gasteiger charge is 2.31. The Bertz CT molecular complexity index is 508. The summed E-state index contributed by atoms with van der Waals surface area (Å²) < 4.78 is 5.25.